The van der Waals surface area contributed by atoms with Gasteiger partial charge in [-0.3, -0.25) is 19.7 Å². The summed E-state index contributed by atoms with van der Waals surface area (Å²) in [6, 6.07) is 12.2. The number of carbonyl (C=O) groups excluding carboxylic acids is 1. The van der Waals surface area contributed by atoms with E-state index >= 15 is 0 Å². The van der Waals surface area contributed by atoms with Crippen molar-refractivity contribution >= 4 is 17.6 Å². The molecule has 0 saturated carbocycles. The predicted octanol–water partition coefficient (Wildman–Crippen LogP) is 2.49. The van der Waals surface area contributed by atoms with Gasteiger partial charge in [-0.25, -0.2) is 0 Å². The molecule has 0 fully saturated rings. The first-order valence-electron chi connectivity index (χ1n) is 8.28. The number of nitrogens with zero attached hydrogens (tertiary/aromatic N) is 1. The molecule has 0 bridgehead atoms. The molecule has 0 heterocycles. The van der Waals surface area contributed by atoms with Gasteiger partial charge in [0, 0.05) is 6.07 Å². The molecule has 0 aliphatic carbocycles. The number of carboxylic acid groups (broad SMARTS) is 1. The third kappa shape index (κ3) is 5.44. The van der Waals surface area contributed by atoms with E-state index < -0.39 is 28.9 Å². The van der Waals surface area contributed by atoms with Gasteiger partial charge in [-0.2, -0.15) is 0 Å². The van der Waals surface area contributed by atoms with Crippen LogP contribution in [0, 0.1) is 10.1 Å². The van der Waals surface area contributed by atoms with Crippen molar-refractivity contribution in [3.63, 3.8) is 0 Å². The molecular weight excluding hydrogens is 368 g/mol. The fourth-order valence-corrected chi connectivity index (χ4v) is 2.67. The minimum Gasteiger partial charge on any atom is -0.497 e. The Labute approximate surface area is 161 Å². The minimum atomic E-state index is -1.20. The van der Waals surface area contributed by atoms with Crippen LogP contribution in [-0.4, -0.2) is 35.6 Å². The molecule has 2 N–H and O–H groups in total. The van der Waals surface area contributed by atoms with E-state index in [2.05, 4.69) is 5.32 Å². The van der Waals surface area contributed by atoms with Gasteiger partial charge in [0.1, 0.15) is 11.5 Å². The second-order valence-electron chi connectivity index (χ2n) is 6.23. The number of ether oxygens (including phenoxy) is 2. The maximum Gasteiger partial charge on any atom is 0.306 e. The van der Waals surface area contributed by atoms with E-state index in [1.807, 2.05) is 0 Å². The zero-order chi connectivity index (χ0) is 20.7. The Morgan fingerprint density at radius 2 is 1.86 bits per heavy atom. The summed E-state index contributed by atoms with van der Waals surface area (Å²) >= 11 is 0. The average molecular weight is 388 g/mol. The second kappa shape index (κ2) is 8.85. The Morgan fingerprint density at radius 3 is 2.50 bits per heavy atom. The first-order chi connectivity index (χ1) is 13.2. The third-order valence-electron chi connectivity index (χ3n) is 4.03. The number of amides is 1. The standard InChI is InChI=1S/C19H20N2O7/c1-19(11-18(23)24,13-5-3-7-15(9-13)27-2)20-17(22)12-28-16-8-4-6-14(10-16)21(25)26/h3-10H,11-12H2,1-2H3,(H,20,22)(H,23,24). The summed E-state index contributed by atoms with van der Waals surface area (Å²) in [5, 5.41) is 22.7. The molecule has 1 atom stereocenters. The van der Waals surface area contributed by atoms with E-state index in [0.717, 1.165) is 0 Å². The highest BCUT2D eigenvalue weighted by Gasteiger charge is 2.32. The Morgan fingerprint density at radius 1 is 1.18 bits per heavy atom. The summed E-state index contributed by atoms with van der Waals surface area (Å²) in [5.74, 6) is -0.981. The molecule has 0 saturated heterocycles. The SMILES string of the molecule is COc1cccc(C(C)(CC(=O)O)NC(=O)COc2cccc([N+](=O)[O-])c2)c1. The Balaban J connectivity index is 2.13. The minimum absolute atomic E-state index is 0.158. The fourth-order valence-electron chi connectivity index (χ4n) is 2.67. The van der Waals surface area contributed by atoms with Crippen LogP contribution in [0.4, 0.5) is 5.69 Å². The number of carbonyl (C=O) groups is 2. The van der Waals surface area contributed by atoms with Crippen LogP contribution in [0.2, 0.25) is 0 Å². The zero-order valence-electron chi connectivity index (χ0n) is 15.4. The number of hydrogen-bond acceptors (Lipinski definition) is 6. The van der Waals surface area contributed by atoms with Crippen molar-refractivity contribution in [2.45, 2.75) is 18.9 Å². The first-order valence-corrected chi connectivity index (χ1v) is 8.28. The van der Waals surface area contributed by atoms with Gasteiger partial charge in [0.05, 0.1) is 30.1 Å². The van der Waals surface area contributed by atoms with Gasteiger partial charge >= 0.3 is 5.97 Å². The van der Waals surface area contributed by atoms with Gasteiger partial charge in [0.25, 0.3) is 11.6 Å². The van der Waals surface area contributed by atoms with Crippen LogP contribution in [0.3, 0.4) is 0 Å². The lowest BCUT2D eigenvalue weighted by Crippen LogP contribution is -2.46. The van der Waals surface area contributed by atoms with Gasteiger partial charge < -0.3 is 19.9 Å². The van der Waals surface area contributed by atoms with E-state index in [0.29, 0.717) is 11.3 Å². The lowest BCUT2D eigenvalue weighted by Gasteiger charge is -2.30. The molecule has 1 amide bonds. The first kappa shape index (κ1) is 20.7. The topological polar surface area (TPSA) is 128 Å². The number of carboxylic acids is 1. The van der Waals surface area contributed by atoms with Gasteiger partial charge in [0.2, 0.25) is 0 Å². The number of aliphatic carboxylic acids is 1. The molecule has 2 rings (SSSR count). The molecule has 2 aromatic carbocycles. The van der Waals surface area contributed by atoms with Gasteiger partial charge in [-0.1, -0.05) is 18.2 Å². The summed E-state index contributed by atoms with van der Waals surface area (Å²) < 4.78 is 10.5. The number of non-ortho nitro benzene ring substituents is 1. The number of hydrogen-bond donors (Lipinski definition) is 2. The number of nitro benzene ring substituents is 1. The average Bonchev–Trinajstić information content (AvgIpc) is 2.66. The van der Waals surface area contributed by atoms with Crippen LogP contribution in [0.15, 0.2) is 48.5 Å². The van der Waals surface area contributed by atoms with E-state index in [9.17, 15) is 24.8 Å². The normalized spacial score (nSPS) is 12.5. The summed E-state index contributed by atoms with van der Waals surface area (Å²) in [5.41, 5.74) is -0.813. The highest BCUT2D eigenvalue weighted by atomic mass is 16.6. The Kier molecular flexibility index (Phi) is 6.54. The summed E-state index contributed by atoms with van der Waals surface area (Å²) in [7, 11) is 1.49. The molecule has 0 aliphatic rings. The highest BCUT2D eigenvalue weighted by molar-refractivity contribution is 5.80. The third-order valence-corrected chi connectivity index (χ3v) is 4.03. The zero-order valence-corrected chi connectivity index (χ0v) is 15.4. The molecular formula is C19H20N2O7. The molecule has 9 heteroatoms. The number of benzene rings is 2. The molecule has 0 aromatic heterocycles. The molecule has 0 radical (unpaired) electrons. The van der Waals surface area contributed by atoms with Crippen molar-refractivity contribution in [3.8, 4) is 11.5 Å². The maximum atomic E-state index is 12.4. The molecule has 28 heavy (non-hydrogen) atoms. The second-order valence-corrected chi connectivity index (χ2v) is 6.23. The largest absolute Gasteiger partial charge is 0.497 e. The molecule has 9 nitrogen and oxygen atoms in total. The number of methoxy groups -OCH3 is 1. The molecule has 1 unspecified atom stereocenters. The van der Waals surface area contributed by atoms with Crippen LogP contribution < -0.4 is 14.8 Å². The van der Waals surface area contributed by atoms with Gasteiger partial charge in [0.15, 0.2) is 6.61 Å². The highest BCUT2D eigenvalue weighted by Crippen LogP contribution is 2.28. The number of rotatable bonds is 9. The van der Waals surface area contributed by atoms with Crippen molar-refractivity contribution in [1.82, 2.24) is 5.32 Å². The molecule has 2 aromatic rings. The van der Waals surface area contributed by atoms with Crippen LogP contribution in [0.25, 0.3) is 0 Å². The van der Waals surface area contributed by atoms with E-state index in [4.69, 9.17) is 9.47 Å². The quantitative estimate of drug-likeness (QED) is 0.499. The lowest BCUT2D eigenvalue weighted by molar-refractivity contribution is -0.384. The Hall–Kier alpha value is -3.62. The molecule has 0 spiro atoms. The fraction of sp³-hybridized carbons (Fsp3) is 0.263. The molecule has 0 aliphatic heterocycles. The van der Waals surface area contributed by atoms with E-state index in [-0.39, 0.29) is 17.9 Å². The van der Waals surface area contributed by atoms with Crippen molar-refractivity contribution in [2.75, 3.05) is 13.7 Å². The predicted molar refractivity (Wildman–Crippen MR) is 99.3 cm³/mol. The monoisotopic (exact) mass is 388 g/mol. The van der Waals surface area contributed by atoms with E-state index in [1.54, 1.807) is 31.2 Å². The van der Waals surface area contributed by atoms with Gasteiger partial charge in [-0.05, 0) is 30.7 Å². The van der Waals surface area contributed by atoms with Gasteiger partial charge in [-0.15, -0.1) is 0 Å². The summed E-state index contributed by atoms with van der Waals surface area (Å²) in [6.07, 6.45) is -0.358. The van der Waals surface area contributed by atoms with Crippen LogP contribution >= 0.6 is 0 Å². The van der Waals surface area contributed by atoms with Crippen molar-refractivity contribution in [2.24, 2.45) is 0 Å². The van der Waals surface area contributed by atoms with Crippen molar-refractivity contribution < 1.29 is 29.1 Å². The maximum absolute atomic E-state index is 12.4. The van der Waals surface area contributed by atoms with Crippen molar-refractivity contribution in [1.29, 1.82) is 0 Å². The van der Waals surface area contributed by atoms with Crippen LogP contribution in [-0.2, 0) is 15.1 Å². The van der Waals surface area contributed by atoms with Crippen molar-refractivity contribution in [3.05, 3.63) is 64.2 Å². The van der Waals surface area contributed by atoms with Crippen LogP contribution in [0.5, 0.6) is 11.5 Å². The molecule has 148 valence electrons. The number of nitro groups is 1. The summed E-state index contributed by atoms with van der Waals surface area (Å²) in [4.78, 5) is 33.9. The smallest absolute Gasteiger partial charge is 0.306 e. The lowest BCUT2D eigenvalue weighted by atomic mass is 9.88. The van der Waals surface area contributed by atoms with E-state index in [1.165, 1.54) is 31.4 Å². The Bertz CT molecular complexity index is 884. The van der Waals surface area contributed by atoms with Crippen LogP contribution in [0.1, 0.15) is 18.9 Å². The summed E-state index contributed by atoms with van der Waals surface area (Å²) in [6.45, 7) is 1.15. The number of nitrogens with one attached hydrogen (secondary N) is 1.